The molecule has 124 valence electrons. The first-order chi connectivity index (χ1) is 11.6. The van der Waals surface area contributed by atoms with E-state index in [0.29, 0.717) is 18.0 Å². The Hall–Kier alpha value is -2.60. The third-order valence-corrected chi connectivity index (χ3v) is 4.60. The van der Waals surface area contributed by atoms with Gasteiger partial charge in [-0.3, -0.25) is 0 Å². The Morgan fingerprint density at radius 3 is 2.75 bits per heavy atom. The van der Waals surface area contributed by atoms with Gasteiger partial charge >= 0.3 is 6.03 Å². The van der Waals surface area contributed by atoms with E-state index in [1.807, 2.05) is 49.4 Å². The fourth-order valence-corrected chi connectivity index (χ4v) is 3.32. The van der Waals surface area contributed by atoms with E-state index in [9.17, 15) is 4.79 Å². The van der Waals surface area contributed by atoms with E-state index < -0.39 is 0 Å². The first kappa shape index (κ1) is 16.3. The van der Waals surface area contributed by atoms with Crippen molar-refractivity contribution >= 4 is 33.3 Å². The van der Waals surface area contributed by atoms with Crippen LogP contribution in [0.25, 0.3) is 10.2 Å². The molecule has 0 aliphatic heterocycles. The van der Waals surface area contributed by atoms with Crippen molar-refractivity contribution in [2.75, 3.05) is 19.5 Å². The van der Waals surface area contributed by atoms with Crippen LogP contribution >= 0.6 is 11.3 Å². The molecule has 0 atom stereocenters. The zero-order valence-electron chi connectivity index (χ0n) is 13.9. The van der Waals surface area contributed by atoms with Crippen LogP contribution < -0.4 is 10.1 Å². The Morgan fingerprint density at radius 1 is 1.29 bits per heavy atom. The Morgan fingerprint density at radius 2 is 2.04 bits per heavy atom. The number of anilines is 1. The fraction of sp³-hybridized carbons (Fsp3) is 0.222. The summed E-state index contributed by atoms with van der Waals surface area (Å²) in [7, 11) is 3.36. The van der Waals surface area contributed by atoms with Crippen LogP contribution in [0.1, 0.15) is 10.6 Å². The van der Waals surface area contributed by atoms with Crippen LogP contribution in [0.4, 0.5) is 10.5 Å². The summed E-state index contributed by atoms with van der Waals surface area (Å²) in [4.78, 5) is 18.6. The molecular weight excluding hydrogens is 322 g/mol. The number of aromatic nitrogens is 1. The third-order valence-electron chi connectivity index (χ3n) is 3.67. The summed E-state index contributed by atoms with van der Waals surface area (Å²) in [6.45, 7) is 2.50. The molecule has 0 fully saturated rings. The summed E-state index contributed by atoms with van der Waals surface area (Å²) >= 11 is 1.59. The summed E-state index contributed by atoms with van der Waals surface area (Å²) in [5.74, 6) is 0.606. The topological polar surface area (TPSA) is 54.5 Å². The Bertz CT molecular complexity index is 861. The molecule has 1 N–H and O–H groups in total. The molecule has 2 aromatic carbocycles. The van der Waals surface area contributed by atoms with Crippen molar-refractivity contribution in [1.82, 2.24) is 9.88 Å². The molecule has 2 amide bonds. The van der Waals surface area contributed by atoms with Gasteiger partial charge < -0.3 is 15.0 Å². The monoisotopic (exact) mass is 341 g/mol. The van der Waals surface area contributed by atoms with Crippen molar-refractivity contribution in [1.29, 1.82) is 0 Å². The maximum absolute atomic E-state index is 12.5. The lowest BCUT2D eigenvalue weighted by atomic mass is 10.2. The molecule has 0 saturated carbocycles. The number of carbonyl (C=O) groups is 1. The predicted molar refractivity (Wildman–Crippen MR) is 97.8 cm³/mol. The number of nitrogens with zero attached hydrogens (tertiary/aromatic N) is 2. The summed E-state index contributed by atoms with van der Waals surface area (Å²) in [6.07, 6.45) is 0. The second-order valence-electron chi connectivity index (χ2n) is 5.52. The smallest absolute Gasteiger partial charge is 0.321 e. The SMILES string of the molecule is COc1cc2nc(C)sc2cc1NC(=O)N(C)Cc1ccccc1. The molecule has 0 aliphatic carbocycles. The number of benzene rings is 2. The lowest BCUT2D eigenvalue weighted by Crippen LogP contribution is -2.30. The Balaban J connectivity index is 1.79. The number of thiazole rings is 1. The van der Waals surface area contributed by atoms with Gasteiger partial charge in [0.2, 0.25) is 0 Å². The number of carbonyl (C=O) groups excluding carboxylic acids is 1. The van der Waals surface area contributed by atoms with Crippen LogP contribution in [0.3, 0.4) is 0 Å². The minimum Gasteiger partial charge on any atom is -0.494 e. The normalized spacial score (nSPS) is 10.6. The second-order valence-corrected chi connectivity index (χ2v) is 6.76. The van der Waals surface area contributed by atoms with Crippen molar-refractivity contribution in [2.45, 2.75) is 13.5 Å². The van der Waals surface area contributed by atoms with Crippen LogP contribution in [0.2, 0.25) is 0 Å². The molecule has 24 heavy (non-hydrogen) atoms. The highest BCUT2D eigenvalue weighted by Gasteiger charge is 2.14. The number of fused-ring (bicyclic) bond motifs is 1. The number of hydrogen-bond donors (Lipinski definition) is 1. The number of urea groups is 1. The summed E-state index contributed by atoms with van der Waals surface area (Å²) < 4.78 is 6.42. The molecule has 3 aromatic rings. The van der Waals surface area contributed by atoms with Gasteiger partial charge in [-0.15, -0.1) is 11.3 Å². The Kier molecular flexibility index (Phi) is 4.66. The quantitative estimate of drug-likeness (QED) is 0.771. The van der Waals surface area contributed by atoms with Crippen LogP contribution in [0.15, 0.2) is 42.5 Å². The zero-order chi connectivity index (χ0) is 17.1. The number of nitrogens with one attached hydrogen (secondary N) is 1. The van der Waals surface area contributed by atoms with E-state index >= 15 is 0 Å². The molecule has 0 spiro atoms. The van der Waals surface area contributed by atoms with Gasteiger partial charge in [0, 0.05) is 19.7 Å². The highest BCUT2D eigenvalue weighted by Crippen LogP contribution is 2.33. The number of amides is 2. The van der Waals surface area contributed by atoms with Crippen LogP contribution in [-0.4, -0.2) is 30.1 Å². The van der Waals surface area contributed by atoms with Gasteiger partial charge in [-0.25, -0.2) is 9.78 Å². The molecule has 5 nitrogen and oxygen atoms in total. The zero-order valence-corrected chi connectivity index (χ0v) is 14.7. The number of methoxy groups -OCH3 is 1. The van der Waals surface area contributed by atoms with E-state index in [2.05, 4.69) is 10.3 Å². The minimum atomic E-state index is -0.183. The lowest BCUT2D eigenvalue weighted by Gasteiger charge is -2.19. The first-order valence-corrected chi connectivity index (χ1v) is 8.39. The lowest BCUT2D eigenvalue weighted by molar-refractivity contribution is 0.220. The average Bonchev–Trinajstić information content (AvgIpc) is 2.93. The van der Waals surface area contributed by atoms with Crippen molar-refractivity contribution < 1.29 is 9.53 Å². The van der Waals surface area contributed by atoms with Crippen molar-refractivity contribution in [2.24, 2.45) is 0 Å². The summed E-state index contributed by atoms with van der Waals surface area (Å²) in [5, 5.41) is 3.91. The summed E-state index contributed by atoms with van der Waals surface area (Å²) in [6, 6.07) is 13.5. The van der Waals surface area contributed by atoms with Gasteiger partial charge in [0.05, 0.1) is 28.0 Å². The fourth-order valence-electron chi connectivity index (χ4n) is 2.48. The van der Waals surface area contributed by atoms with Crippen molar-refractivity contribution in [3.8, 4) is 5.75 Å². The maximum Gasteiger partial charge on any atom is 0.321 e. The van der Waals surface area contributed by atoms with Crippen LogP contribution in [-0.2, 0) is 6.54 Å². The first-order valence-electron chi connectivity index (χ1n) is 7.58. The van der Waals surface area contributed by atoms with Crippen LogP contribution in [0.5, 0.6) is 5.75 Å². The van der Waals surface area contributed by atoms with Gasteiger partial charge in [-0.2, -0.15) is 0 Å². The molecular formula is C18H19N3O2S. The molecule has 0 aliphatic rings. The number of aryl methyl sites for hydroxylation is 1. The number of ether oxygens (including phenoxy) is 1. The molecule has 1 heterocycles. The van der Waals surface area contributed by atoms with Gasteiger partial charge in [0.1, 0.15) is 5.75 Å². The molecule has 1 aromatic heterocycles. The van der Waals surface area contributed by atoms with Crippen molar-refractivity contribution in [3.63, 3.8) is 0 Å². The van der Waals surface area contributed by atoms with E-state index in [-0.39, 0.29) is 6.03 Å². The standard InChI is InChI=1S/C18H19N3O2S/c1-12-19-15-9-16(23-3)14(10-17(15)24-12)20-18(22)21(2)11-13-7-5-4-6-8-13/h4-10H,11H2,1-3H3,(H,20,22). The second kappa shape index (κ2) is 6.88. The van der Waals surface area contributed by atoms with Gasteiger partial charge in [0.15, 0.2) is 0 Å². The molecule has 3 rings (SSSR count). The number of rotatable bonds is 4. The van der Waals surface area contributed by atoms with E-state index in [4.69, 9.17) is 4.74 Å². The minimum absolute atomic E-state index is 0.183. The maximum atomic E-state index is 12.5. The predicted octanol–water partition coefficient (Wildman–Crippen LogP) is 4.28. The number of hydrogen-bond acceptors (Lipinski definition) is 4. The van der Waals surface area contributed by atoms with E-state index in [0.717, 1.165) is 20.8 Å². The van der Waals surface area contributed by atoms with Crippen molar-refractivity contribution in [3.05, 3.63) is 53.0 Å². The van der Waals surface area contributed by atoms with Gasteiger partial charge in [-0.1, -0.05) is 30.3 Å². The molecule has 0 bridgehead atoms. The van der Waals surface area contributed by atoms with Crippen LogP contribution in [0, 0.1) is 6.92 Å². The van der Waals surface area contributed by atoms with Gasteiger partial charge in [0.25, 0.3) is 0 Å². The molecule has 0 radical (unpaired) electrons. The molecule has 6 heteroatoms. The Labute approximate surface area is 144 Å². The molecule has 0 saturated heterocycles. The third kappa shape index (κ3) is 3.49. The van der Waals surface area contributed by atoms with E-state index in [1.54, 1.807) is 30.4 Å². The molecule has 0 unspecified atom stereocenters. The highest BCUT2D eigenvalue weighted by molar-refractivity contribution is 7.18. The van der Waals surface area contributed by atoms with Gasteiger partial charge in [-0.05, 0) is 18.6 Å². The summed E-state index contributed by atoms with van der Waals surface area (Å²) in [5.41, 5.74) is 2.61. The van der Waals surface area contributed by atoms with E-state index in [1.165, 1.54) is 0 Å². The largest absolute Gasteiger partial charge is 0.494 e. The highest BCUT2D eigenvalue weighted by atomic mass is 32.1. The average molecular weight is 341 g/mol.